The third-order valence-corrected chi connectivity index (χ3v) is 6.32. The topological polar surface area (TPSA) is 54.9 Å². The normalized spacial score (nSPS) is 18.0. The molecule has 1 aliphatic rings. The van der Waals surface area contributed by atoms with Crippen molar-refractivity contribution < 1.29 is 10.0 Å². The van der Waals surface area contributed by atoms with Gasteiger partial charge in [0.1, 0.15) is 10.7 Å². The van der Waals surface area contributed by atoms with Gasteiger partial charge in [0.05, 0.1) is 18.0 Å². The number of thiophene rings is 1. The van der Waals surface area contributed by atoms with E-state index in [9.17, 15) is 5.11 Å². The van der Waals surface area contributed by atoms with E-state index in [2.05, 4.69) is 27.6 Å². The highest BCUT2D eigenvalue weighted by atomic mass is 32.1. The third kappa shape index (κ3) is 2.33. The number of aromatic hydroxyl groups is 1. The lowest BCUT2D eigenvalue weighted by Crippen LogP contribution is -3.13. The Morgan fingerprint density at radius 3 is 2.82 bits per heavy atom. The van der Waals surface area contributed by atoms with Crippen LogP contribution in [0.1, 0.15) is 40.9 Å². The van der Waals surface area contributed by atoms with Crippen LogP contribution in [-0.4, -0.2) is 32.8 Å². The molecular weight excluding hydrogens is 316 g/mol. The molecule has 1 fully saturated rings. The molecule has 0 amide bonds. The fourth-order valence-electron chi connectivity index (χ4n) is 3.30. The summed E-state index contributed by atoms with van der Waals surface area (Å²) in [6.07, 6.45) is 3.84. The smallest absolute Gasteiger partial charge is 0.235 e. The van der Waals surface area contributed by atoms with Gasteiger partial charge in [-0.15, -0.1) is 16.4 Å². The zero-order valence-electron chi connectivity index (χ0n) is 12.5. The van der Waals surface area contributed by atoms with Crippen LogP contribution in [0.15, 0.2) is 17.5 Å². The molecule has 7 heteroatoms. The van der Waals surface area contributed by atoms with Gasteiger partial charge in [-0.2, -0.15) is 4.52 Å². The highest BCUT2D eigenvalue weighted by Gasteiger charge is 2.34. The maximum absolute atomic E-state index is 10.7. The van der Waals surface area contributed by atoms with Gasteiger partial charge in [0.2, 0.25) is 10.8 Å². The molecule has 5 nitrogen and oxygen atoms in total. The van der Waals surface area contributed by atoms with Crippen molar-refractivity contribution in [1.29, 1.82) is 0 Å². The van der Waals surface area contributed by atoms with Gasteiger partial charge in [0, 0.05) is 0 Å². The molecule has 1 saturated heterocycles. The first kappa shape index (κ1) is 14.2. The van der Waals surface area contributed by atoms with Gasteiger partial charge in [-0.1, -0.05) is 17.4 Å². The number of quaternary nitrogens is 1. The maximum Gasteiger partial charge on any atom is 0.235 e. The van der Waals surface area contributed by atoms with Crippen molar-refractivity contribution in [2.45, 2.75) is 32.2 Å². The highest BCUT2D eigenvalue weighted by molar-refractivity contribution is 7.17. The summed E-state index contributed by atoms with van der Waals surface area (Å²) in [5.74, 6) is 0.961. The van der Waals surface area contributed by atoms with Crippen LogP contribution in [0, 0.1) is 6.92 Å². The van der Waals surface area contributed by atoms with Crippen molar-refractivity contribution in [3.05, 3.63) is 33.1 Å². The standard InChI is InChI=1S/C15H18N4OS2/c1-10-16-15-19(17-10)14(20)13(22-15)12(11-6-5-9-21-11)18-7-3-2-4-8-18/h5-6,9,12,20H,2-4,7-8H2,1H3/p+1/t12-/m0/s1. The minimum absolute atomic E-state index is 0.203. The van der Waals surface area contributed by atoms with Gasteiger partial charge in [-0.05, 0) is 37.6 Å². The minimum atomic E-state index is 0.203. The molecule has 0 bridgehead atoms. The van der Waals surface area contributed by atoms with E-state index in [4.69, 9.17) is 0 Å². The van der Waals surface area contributed by atoms with Crippen molar-refractivity contribution in [3.8, 4) is 5.88 Å². The van der Waals surface area contributed by atoms with E-state index >= 15 is 0 Å². The lowest BCUT2D eigenvalue weighted by atomic mass is 10.1. The molecule has 0 radical (unpaired) electrons. The second-order valence-corrected chi connectivity index (χ2v) is 7.80. The zero-order chi connectivity index (χ0) is 15.1. The van der Waals surface area contributed by atoms with E-state index in [0.29, 0.717) is 5.82 Å². The van der Waals surface area contributed by atoms with E-state index in [1.54, 1.807) is 32.1 Å². The van der Waals surface area contributed by atoms with Gasteiger partial charge in [0.25, 0.3) is 0 Å². The molecule has 3 aromatic heterocycles. The molecule has 3 aromatic rings. The van der Waals surface area contributed by atoms with Crippen LogP contribution in [0.4, 0.5) is 0 Å². The lowest BCUT2D eigenvalue weighted by Gasteiger charge is -2.30. The van der Waals surface area contributed by atoms with Crippen molar-refractivity contribution >= 4 is 27.6 Å². The van der Waals surface area contributed by atoms with Crippen LogP contribution in [0.5, 0.6) is 5.88 Å². The molecular formula is C15H19N4OS2+. The fraction of sp³-hybridized carbons (Fsp3) is 0.467. The summed E-state index contributed by atoms with van der Waals surface area (Å²) in [6, 6.07) is 4.47. The monoisotopic (exact) mass is 335 g/mol. The number of hydrogen-bond donors (Lipinski definition) is 2. The molecule has 0 unspecified atom stereocenters. The molecule has 1 aliphatic heterocycles. The summed E-state index contributed by atoms with van der Waals surface area (Å²) in [5.41, 5.74) is 0. The average molecular weight is 335 g/mol. The number of nitrogens with one attached hydrogen (secondary N) is 1. The summed E-state index contributed by atoms with van der Waals surface area (Å²) in [7, 11) is 0. The second-order valence-electron chi connectivity index (χ2n) is 5.81. The molecule has 22 heavy (non-hydrogen) atoms. The summed E-state index contributed by atoms with van der Waals surface area (Å²) in [6.45, 7) is 4.18. The van der Waals surface area contributed by atoms with Crippen molar-refractivity contribution in [2.24, 2.45) is 0 Å². The SMILES string of the molecule is Cc1nc2sc([C@H](c3cccs3)[NH+]3CCCCC3)c(O)n2n1. The second kappa shape index (κ2) is 5.64. The Morgan fingerprint density at radius 2 is 2.14 bits per heavy atom. The number of piperidine rings is 1. The van der Waals surface area contributed by atoms with Crippen LogP contribution >= 0.6 is 22.7 Å². The molecule has 4 heterocycles. The van der Waals surface area contributed by atoms with E-state index < -0.39 is 0 Å². The zero-order valence-corrected chi connectivity index (χ0v) is 14.1. The van der Waals surface area contributed by atoms with Crippen molar-refractivity contribution in [2.75, 3.05) is 13.1 Å². The molecule has 0 aliphatic carbocycles. The molecule has 0 aromatic carbocycles. The van der Waals surface area contributed by atoms with Gasteiger partial charge >= 0.3 is 0 Å². The molecule has 2 N–H and O–H groups in total. The molecule has 116 valence electrons. The number of hydrogen-bond acceptors (Lipinski definition) is 5. The van der Waals surface area contributed by atoms with Gasteiger partial charge in [-0.25, -0.2) is 4.98 Å². The third-order valence-electron chi connectivity index (χ3n) is 4.30. The Balaban J connectivity index is 1.81. The molecule has 0 spiro atoms. The molecule has 4 rings (SSSR count). The number of thiazole rings is 1. The first-order valence-corrected chi connectivity index (χ1v) is 9.36. The molecule has 1 atom stereocenters. The van der Waals surface area contributed by atoms with Gasteiger partial charge in [-0.3, -0.25) is 0 Å². The predicted molar refractivity (Wildman–Crippen MR) is 88.0 cm³/mol. The van der Waals surface area contributed by atoms with E-state index in [1.165, 1.54) is 24.1 Å². The lowest BCUT2D eigenvalue weighted by molar-refractivity contribution is -0.929. The summed E-state index contributed by atoms with van der Waals surface area (Å²) >= 11 is 3.34. The van der Waals surface area contributed by atoms with E-state index in [0.717, 1.165) is 22.9 Å². The Hall–Kier alpha value is -1.44. The minimum Gasteiger partial charge on any atom is -0.492 e. The number of aryl methyl sites for hydroxylation is 1. The van der Waals surface area contributed by atoms with Gasteiger partial charge in [0.15, 0.2) is 6.04 Å². The Morgan fingerprint density at radius 1 is 1.32 bits per heavy atom. The number of aromatic nitrogens is 3. The van der Waals surface area contributed by atoms with Crippen LogP contribution in [0.2, 0.25) is 0 Å². The van der Waals surface area contributed by atoms with E-state index in [1.807, 2.05) is 6.92 Å². The largest absolute Gasteiger partial charge is 0.492 e. The van der Waals surface area contributed by atoms with E-state index in [-0.39, 0.29) is 11.9 Å². The average Bonchev–Trinajstić information content (AvgIpc) is 3.22. The number of nitrogens with zero attached hydrogens (tertiary/aromatic N) is 3. The highest BCUT2D eigenvalue weighted by Crippen LogP contribution is 2.36. The maximum atomic E-state index is 10.7. The van der Waals surface area contributed by atoms with Crippen LogP contribution in [-0.2, 0) is 0 Å². The summed E-state index contributed by atoms with van der Waals surface area (Å²) in [5, 5.41) is 17.1. The van der Waals surface area contributed by atoms with Crippen LogP contribution in [0.3, 0.4) is 0 Å². The predicted octanol–water partition coefficient (Wildman–Crippen LogP) is 2.02. The summed E-state index contributed by atoms with van der Waals surface area (Å²) in [4.78, 5) is 9.04. The first-order chi connectivity index (χ1) is 10.7. The number of fused-ring (bicyclic) bond motifs is 1. The Kier molecular flexibility index (Phi) is 3.63. The van der Waals surface area contributed by atoms with Crippen LogP contribution in [0.25, 0.3) is 4.96 Å². The van der Waals surface area contributed by atoms with Crippen LogP contribution < -0.4 is 4.90 Å². The number of rotatable bonds is 3. The van der Waals surface area contributed by atoms with Gasteiger partial charge < -0.3 is 10.0 Å². The fourth-order valence-corrected chi connectivity index (χ4v) is 5.45. The first-order valence-electron chi connectivity index (χ1n) is 7.67. The van der Waals surface area contributed by atoms with Crippen molar-refractivity contribution in [1.82, 2.24) is 14.6 Å². The number of likely N-dealkylation sites (tertiary alicyclic amines) is 1. The Bertz CT molecular complexity index is 771. The summed E-state index contributed by atoms with van der Waals surface area (Å²) < 4.78 is 1.58. The Labute approximate surface area is 136 Å². The quantitative estimate of drug-likeness (QED) is 0.770. The van der Waals surface area contributed by atoms with Crippen molar-refractivity contribution in [3.63, 3.8) is 0 Å². The molecule has 0 saturated carbocycles.